The van der Waals surface area contributed by atoms with E-state index in [0.717, 1.165) is 89.9 Å². The van der Waals surface area contributed by atoms with Gasteiger partial charge in [-0.15, -0.1) is 0 Å². The molecule has 1 atom stereocenters. The van der Waals surface area contributed by atoms with E-state index in [1.165, 1.54) is 154 Å². The van der Waals surface area contributed by atoms with Crippen molar-refractivity contribution < 1.29 is 28.6 Å². The van der Waals surface area contributed by atoms with Gasteiger partial charge in [-0.05, 0) is 103 Å². The fourth-order valence-corrected chi connectivity index (χ4v) is 7.98. The van der Waals surface area contributed by atoms with Crippen molar-refractivity contribution in [3.05, 3.63) is 60.8 Å². The molecule has 0 aliphatic heterocycles. The number of esters is 3. The summed E-state index contributed by atoms with van der Waals surface area (Å²) in [5.41, 5.74) is 0. The summed E-state index contributed by atoms with van der Waals surface area (Å²) in [5.74, 6) is -0.907. The fourth-order valence-electron chi connectivity index (χ4n) is 7.98. The molecule has 1 unspecified atom stereocenters. The Morgan fingerprint density at radius 1 is 0.318 bits per heavy atom. The number of ether oxygens (including phenoxy) is 3. The molecule has 0 bridgehead atoms. The maximum absolute atomic E-state index is 12.8. The molecule has 0 fully saturated rings. The largest absolute Gasteiger partial charge is 0.462 e. The van der Waals surface area contributed by atoms with Gasteiger partial charge < -0.3 is 14.2 Å². The van der Waals surface area contributed by atoms with Crippen molar-refractivity contribution in [3.8, 4) is 0 Å². The van der Waals surface area contributed by atoms with Crippen LogP contribution in [0.15, 0.2) is 60.8 Å². The molecule has 0 spiro atoms. The predicted molar refractivity (Wildman–Crippen MR) is 284 cm³/mol. The zero-order chi connectivity index (χ0) is 47.9. The van der Waals surface area contributed by atoms with E-state index in [-0.39, 0.29) is 31.1 Å². The van der Waals surface area contributed by atoms with E-state index in [2.05, 4.69) is 81.5 Å². The first-order chi connectivity index (χ1) is 32.5. The van der Waals surface area contributed by atoms with Gasteiger partial charge >= 0.3 is 17.9 Å². The Labute approximate surface area is 409 Å². The van der Waals surface area contributed by atoms with Crippen molar-refractivity contribution in [2.45, 2.75) is 290 Å². The first-order valence-electron chi connectivity index (χ1n) is 28.3. The van der Waals surface area contributed by atoms with Gasteiger partial charge in [0.15, 0.2) is 6.10 Å². The third kappa shape index (κ3) is 52.1. The smallest absolute Gasteiger partial charge is 0.306 e. The van der Waals surface area contributed by atoms with Gasteiger partial charge in [-0.25, -0.2) is 0 Å². The minimum absolute atomic E-state index is 0.0846. The highest BCUT2D eigenvalue weighted by Gasteiger charge is 2.19. The van der Waals surface area contributed by atoms with Crippen LogP contribution in [0, 0.1) is 0 Å². The van der Waals surface area contributed by atoms with Crippen LogP contribution in [-0.2, 0) is 28.6 Å². The topological polar surface area (TPSA) is 78.9 Å². The molecule has 0 amide bonds. The second-order valence-electron chi connectivity index (χ2n) is 18.8. The lowest BCUT2D eigenvalue weighted by molar-refractivity contribution is -0.167. The summed E-state index contributed by atoms with van der Waals surface area (Å²) in [4.78, 5) is 38.1. The SMILES string of the molecule is CC/C=C\C/C=C\C/C=C\CCCCCCC(=O)OCC(COC(=O)CCCCCCCCC/C=C\CCCCCCCC)OC(=O)CCCCCCCCC/C=C\CCCCCCCC. The Morgan fingerprint density at radius 3 is 0.939 bits per heavy atom. The minimum atomic E-state index is -0.787. The van der Waals surface area contributed by atoms with E-state index in [4.69, 9.17) is 14.2 Å². The third-order valence-corrected chi connectivity index (χ3v) is 12.2. The van der Waals surface area contributed by atoms with Gasteiger partial charge in [-0.3, -0.25) is 14.4 Å². The van der Waals surface area contributed by atoms with Crippen LogP contribution in [0.3, 0.4) is 0 Å². The van der Waals surface area contributed by atoms with Gasteiger partial charge in [0.05, 0.1) is 0 Å². The lowest BCUT2D eigenvalue weighted by Gasteiger charge is -2.18. The Bertz CT molecular complexity index is 1200. The highest BCUT2D eigenvalue weighted by molar-refractivity contribution is 5.71. The van der Waals surface area contributed by atoms with Gasteiger partial charge in [-0.2, -0.15) is 0 Å². The summed E-state index contributed by atoms with van der Waals surface area (Å²) in [5, 5.41) is 0. The maximum atomic E-state index is 12.8. The number of unbranched alkanes of at least 4 members (excludes halogenated alkanes) is 30. The molecule has 6 nitrogen and oxygen atoms in total. The molecule has 6 heteroatoms. The first kappa shape index (κ1) is 63.1. The van der Waals surface area contributed by atoms with Gasteiger partial charge in [0.25, 0.3) is 0 Å². The van der Waals surface area contributed by atoms with Crippen molar-refractivity contribution in [1.29, 1.82) is 0 Å². The van der Waals surface area contributed by atoms with Crippen LogP contribution in [-0.4, -0.2) is 37.2 Å². The number of hydrogen-bond donors (Lipinski definition) is 0. The standard InChI is InChI=1S/C60H106O6/c1-4-7-10-13-16-19-22-25-28-30-32-35-38-41-44-47-50-53-59(62)65-56-57(55-64-58(61)52-49-46-43-40-37-34-27-24-21-18-15-12-9-6-3)66-60(63)54-51-48-45-42-39-36-33-31-29-26-23-20-17-14-11-8-5-2/h9,12,18,21,25-29,34,57H,4-8,10-11,13-17,19-20,22-24,30-33,35-56H2,1-3H3/b12-9-,21-18-,28-25-,29-26-,34-27-. The monoisotopic (exact) mass is 923 g/mol. The van der Waals surface area contributed by atoms with E-state index < -0.39 is 6.10 Å². The summed E-state index contributed by atoms with van der Waals surface area (Å²) in [6, 6.07) is 0. The second-order valence-corrected chi connectivity index (χ2v) is 18.8. The van der Waals surface area contributed by atoms with Crippen LogP contribution < -0.4 is 0 Å². The van der Waals surface area contributed by atoms with Gasteiger partial charge in [-0.1, -0.05) is 223 Å². The minimum Gasteiger partial charge on any atom is -0.462 e. The molecular weight excluding hydrogens is 817 g/mol. The molecule has 0 saturated heterocycles. The summed E-state index contributed by atoms with van der Waals surface area (Å²) in [6.45, 7) is 6.51. The number of hydrogen-bond acceptors (Lipinski definition) is 6. The Kier molecular flexibility index (Phi) is 52.3. The van der Waals surface area contributed by atoms with Crippen LogP contribution in [0.25, 0.3) is 0 Å². The Hall–Kier alpha value is -2.89. The van der Waals surface area contributed by atoms with Crippen LogP contribution in [0.2, 0.25) is 0 Å². The van der Waals surface area contributed by atoms with E-state index in [9.17, 15) is 14.4 Å². The van der Waals surface area contributed by atoms with E-state index in [1.807, 2.05) is 0 Å². The van der Waals surface area contributed by atoms with E-state index >= 15 is 0 Å². The molecule has 0 aliphatic carbocycles. The van der Waals surface area contributed by atoms with Crippen LogP contribution in [0.4, 0.5) is 0 Å². The predicted octanol–water partition coefficient (Wildman–Crippen LogP) is 18.8. The van der Waals surface area contributed by atoms with E-state index in [0.29, 0.717) is 19.3 Å². The molecule has 382 valence electrons. The zero-order valence-electron chi connectivity index (χ0n) is 43.7. The van der Waals surface area contributed by atoms with Gasteiger partial charge in [0.1, 0.15) is 13.2 Å². The zero-order valence-corrected chi connectivity index (χ0v) is 43.7. The lowest BCUT2D eigenvalue weighted by Crippen LogP contribution is -2.30. The molecule has 0 saturated carbocycles. The quantitative estimate of drug-likeness (QED) is 0.0262. The second kappa shape index (κ2) is 54.7. The molecule has 0 aromatic heterocycles. The average Bonchev–Trinajstić information content (AvgIpc) is 3.31. The summed E-state index contributed by atoms with van der Waals surface area (Å²) >= 11 is 0. The number of carbonyl (C=O) groups is 3. The Balaban J connectivity index is 4.40. The molecule has 66 heavy (non-hydrogen) atoms. The highest BCUT2D eigenvalue weighted by Crippen LogP contribution is 2.15. The maximum Gasteiger partial charge on any atom is 0.306 e. The van der Waals surface area contributed by atoms with Crippen molar-refractivity contribution in [3.63, 3.8) is 0 Å². The summed E-state index contributed by atoms with van der Waals surface area (Å²) in [6.07, 6.45) is 67.8. The molecule has 0 heterocycles. The van der Waals surface area contributed by atoms with Crippen molar-refractivity contribution in [1.82, 2.24) is 0 Å². The lowest BCUT2D eigenvalue weighted by atomic mass is 10.1. The normalized spacial score (nSPS) is 12.5. The van der Waals surface area contributed by atoms with Crippen LogP contribution in [0.5, 0.6) is 0 Å². The van der Waals surface area contributed by atoms with Crippen molar-refractivity contribution in [2.24, 2.45) is 0 Å². The molecule has 0 radical (unpaired) electrons. The molecule has 0 aliphatic rings. The Morgan fingerprint density at radius 2 is 0.591 bits per heavy atom. The first-order valence-corrected chi connectivity index (χ1v) is 28.3. The van der Waals surface area contributed by atoms with Crippen molar-refractivity contribution in [2.75, 3.05) is 13.2 Å². The van der Waals surface area contributed by atoms with Gasteiger partial charge in [0, 0.05) is 19.3 Å². The number of rotatable bonds is 51. The van der Waals surface area contributed by atoms with Gasteiger partial charge in [0.2, 0.25) is 0 Å². The molecule has 0 N–H and O–H groups in total. The summed E-state index contributed by atoms with van der Waals surface area (Å²) < 4.78 is 16.8. The summed E-state index contributed by atoms with van der Waals surface area (Å²) in [7, 11) is 0. The molecular formula is C60H106O6. The number of allylic oxidation sites excluding steroid dienone is 10. The molecule has 0 aromatic rings. The highest BCUT2D eigenvalue weighted by atomic mass is 16.6. The van der Waals surface area contributed by atoms with Crippen LogP contribution in [0.1, 0.15) is 284 Å². The van der Waals surface area contributed by atoms with Crippen LogP contribution >= 0.6 is 0 Å². The van der Waals surface area contributed by atoms with Crippen molar-refractivity contribution >= 4 is 17.9 Å². The average molecular weight is 924 g/mol. The third-order valence-electron chi connectivity index (χ3n) is 12.2. The molecule has 0 rings (SSSR count). The van der Waals surface area contributed by atoms with E-state index in [1.54, 1.807) is 0 Å². The molecule has 0 aromatic carbocycles. The fraction of sp³-hybridized carbons (Fsp3) is 0.783. The number of carbonyl (C=O) groups excluding carboxylic acids is 3.